The largest absolute Gasteiger partial charge is 0.496 e. The van der Waals surface area contributed by atoms with Gasteiger partial charge >= 0.3 is 0 Å². The average molecular weight is 236 g/mol. The van der Waals surface area contributed by atoms with Crippen LogP contribution in [0.4, 0.5) is 0 Å². The maximum atomic E-state index is 10.9. The average Bonchev–Trinajstić information content (AvgIpc) is 2.35. The number of hydrogen-bond acceptors (Lipinski definition) is 3. The molecule has 0 heterocycles. The Balaban J connectivity index is 2.63. The van der Waals surface area contributed by atoms with Crippen LogP contribution in [0.25, 0.3) is 0 Å². The quantitative estimate of drug-likeness (QED) is 0.786. The zero-order chi connectivity index (χ0) is 12.8. The molecule has 94 valence electrons. The summed E-state index contributed by atoms with van der Waals surface area (Å²) in [6, 6.07) is 7.94. The molecule has 0 bridgehead atoms. The molecule has 1 amide bonds. The molecular weight excluding hydrogens is 216 g/mol. The van der Waals surface area contributed by atoms with Gasteiger partial charge in [-0.3, -0.25) is 4.79 Å². The van der Waals surface area contributed by atoms with Crippen molar-refractivity contribution < 1.29 is 9.53 Å². The molecule has 4 nitrogen and oxygen atoms in total. The number of ether oxygens (including phenoxy) is 1. The van der Waals surface area contributed by atoms with E-state index in [1.807, 2.05) is 38.1 Å². The Labute approximate surface area is 102 Å². The first-order chi connectivity index (χ1) is 8.06. The Hall–Kier alpha value is -1.55. The number of carbonyl (C=O) groups excluding carboxylic acids is 1. The van der Waals surface area contributed by atoms with E-state index in [1.54, 1.807) is 7.11 Å². The van der Waals surface area contributed by atoms with Gasteiger partial charge in [0.15, 0.2) is 0 Å². The molecule has 0 saturated carbocycles. The van der Waals surface area contributed by atoms with E-state index in [1.165, 1.54) is 0 Å². The molecule has 0 aliphatic rings. The Morgan fingerprint density at radius 3 is 2.65 bits per heavy atom. The molecule has 3 N–H and O–H groups in total. The van der Waals surface area contributed by atoms with Crippen LogP contribution in [0.2, 0.25) is 0 Å². The molecule has 0 spiro atoms. The molecule has 0 saturated heterocycles. The molecule has 1 unspecified atom stereocenters. The van der Waals surface area contributed by atoms with Crippen molar-refractivity contribution >= 4 is 5.91 Å². The van der Waals surface area contributed by atoms with Gasteiger partial charge in [0.1, 0.15) is 5.75 Å². The van der Waals surface area contributed by atoms with Gasteiger partial charge in [-0.2, -0.15) is 0 Å². The molecule has 1 aromatic carbocycles. The van der Waals surface area contributed by atoms with Gasteiger partial charge in [-0.25, -0.2) is 0 Å². The lowest BCUT2D eigenvalue weighted by Crippen LogP contribution is -2.32. The predicted octanol–water partition coefficient (Wildman–Crippen LogP) is 1.47. The first-order valence-electron chi connectivity index (χ1n) is 5.72. The third kappa shape index (κ3) is 3.75. The van der Waals surface area contributed by atoms with Crippen LogP contribution >= 0.6 is 0 Å². The van der Waals surface area contributed by atoms with E-state index in [-0.39, 0.29) is 17.9 Å². The summed E-state index contributed by atoms with van der Waals surface area (Å²) >= 11 is 0. The molecule has 2 atom stereocenters. The summed E-state index contributed by atoms with van der Waals surface area (Å²) in [5.41, 5.74) is 6.29. The highest BCUT2D eigenvalue weighted by Gasteiger charge is 2.13. The van der Waals surface area contributed by atoms with Crippen LogP contribution in [-0.2, 0) is 4.79 Å². The maximum Gasteiger partial charge on any atom is 0.221 e. The fourth-order valence-electron chi connectivity index (χ4n) is 1.59. The molecule has 0 radical (unpaired) electrons. The molecule has 17 heavy (non-hydrogen) atoms. The predicted molar refractivity (Wildman–Crippen MR) is 67.8 cm³/mol. The van der Waals surface area contributed by atoms with Crippen molar-refractivity contribution in [3.63, 3.8) is 0 Å². The highest BCUT2D eigenvalue weighted by Crippen LogP contribution is 2.24. The number of carbonyl (C=O) groups is 1. The van der Waals surface area contributed by atoms with Gasteiger partial charge in [-0.15, -0.1) is 0 Å². The lowest BCUT2D eigenvalue weighted by molar-refractivity contribution is -0.121. The Morgan fingerprint density at radius 2 is 2.06 bits per heavy atom. The van der Waals surface area contributed by atoms with Crippen LogP contribution in [0.1, 0.15) is 25.5 Å². The number of amides is 1. The summed E-state index contributed by atoms with van der Waals surface area (Å²) in [6.07, 6.45) is 0. The molecule has 0 aromatic heterocycles. The summed E-state index contributed by atoms with van der Waals surface area (Å²) in [5, 5.41) is 3.27. The monoisotopic (exact) mass is 236 g/mol. The minimum absolute atomic E-state index is 0.118. The minimum Gasteiger partial charge on any atom is -0.496 e. The van der Waals surface area contributed by atoms with Crippen LogP contribution in [0.15, 0.2) is 24.3 Å². The van der Waals surface area contributed by atoms with Crippen LogP contribution in [-0.4, -0.2) is 19.6 Å². The molecule has 0 aliphatic heterocycles. The molecule has 0 aliphatic carbocycles. The smallest absolute Gasteiger partial charge is 0.221 e. The van der Waals surface area contributed by atoms with Gasteiger partial charge in [0, 0.05) is 24.1 Å². The topological polar surface area (TPSA) is 64.3 Å². The minimum atomic E-state index is -0.287. The third-order valence-corrected chi connectivity index (χ3v) is 2.82. The van der Waals surface area contributed by atoms with Crippen molar-refractivity contribution in [3.05, 3.63) is 29.8 Å². The number of primary amides is 1. The maximum absolute atomic E-state index is 10.9. The van der Waals surface area contributed by atoms with Gasteiger partial charge < -0.3 is 15.8 Å². The summed E-state index contributed by atoms with van der Waals surface area (Å²) in [7, 11) is 1.65. The summed E-state index contributed by atoms with van der Waals surface area (Å²) in [5.74, 6) is 0.385. The Morgan fingerprint density at radius 1 is 1.41 bits per heavy atom. The van der Waals surface area contributed by atoms with Gasteiger partial charge in [0.2, 0.25) is 5.91 Å². The molecule has 4 heteroatoms. The molecule has 0 fully saturated rings. The van der Waals surface area contributed by atoms with E-state index < -0.39 is 0 Å². The first-order valence-corrected chi connectivity index (χ1v) is 5.72. The normalized spacial score (nSPS) is 14.1. The SMILES string of the molecule is COc1ccccc1[C@@H](C)NCC(C)C(N)=O. The van der Waals surface area contributed by atoms with E-state index in [0.717, 1.165) is 11.3 Å². The van der Waals surface area contributed by atoms with E-state index >= 15 is 0 Å². The van der Waals surface area contributed by atoms with Crippen LogP contribution < -0.4 is 15.8 Å². The zero-order valence-electron chi connectivity index (χ0n) is 10.6. The first kappa shape index (κ1) is 13.5. The van der Waals surface area contributed by atoms with E-state index in [4.69, 9.17) is 10.5 Å². The van der Waals surface area contributed by atoms with E-state index in [2.05, 4.69) is 5.32 Å². The number of nitrogens with two attached hydrogens (primary N) is 1. The number of para-hydroxylation sites is 1. The highest BCUT2D eigenvalue weighted by atomic mass is 16.5. The number of benzene rings is 1. The fourth-order valence-corrected chi connectivity index (χ4v) is 1.59. The molecule has 1 aromatic rings. The van der Waals surface area contributed by atoms with Crippen molar-refractivity contribution in [2.24, 2.45) is 11.7 Å². The number of hydrogen-bond donors (Lipinski definition) is 2. The summed E-state index contributed by atoms with van der Waals surface area (Å²) in [4.78, 5) is 10.9. The second kappa shape index (κ2) is 6.25. The summed E-state index contributed by atoms with van der Waals surface area (Å²) in [6.45, 7) is 4.41. The van der Waals surface area contributed by atoms with Crippen LogP contribution in [0.3, 0.4) is 0 Å². The second-order valence-electron chi connectivity index (χ2n) is 4.18. The Bertz CT molecular complexity index is 379. The zero-order valence-corrected chi connectivity index (χ0v) is 10.6. The lowest BCUT2D eigenvalue weighted by Gasteiger charge is -2.18. The van der Waals surface area contributed by atoms with Crippen molar-refractivity contribution in [3.8, 4) is 5.75 Å². The Kier molecular flexibility index (Phi) is 4.97. The fraction of sp³-hybridized carbons (Fsp3) is 0.462. The van der Waals surface area contributed by atoms with Crippen molar-refractivity contribution in [2.75, 3.05) is 13.7 Å². The molecule has 1 rings (SSSR count). The number of nitrogens with one attached hydrogen (secondary N) is 1. The number of methoxy groups -OCH3 is 1. The standard InChI is InChI=1S/C13H20N2O2/c1-9(13(14)16)8-15-10(2)11-6-4-5-7-12(11)17-3/h4-7,9-10,15H,8H2,1-3H3,(H2,14,16)/t9?,10-/m1/s1. The van der Waals surface area contributed by atoms with Crippen LogP contribution in [0.5, 0.6) is 5.75 Å². The third-order valence-electron chi connectivity index (χ3n) is 2.82. The second-order valence-corrected chi connectivity index (χ2v) is 4.18. The van der Waals surface area contributed by atoms with Gasteiger partial charge in [-0.05, 0) is 13.0 Å². The van der Waals surface area contributed by atoms with E-state index in [9.17, 15) is 4.79 Å². The van der Waals surface area contributed by atoms with Crippen molar-refractivity contribution in [1.82, 2.24) is 5.32 Å². The van der Waals surface area contributed by atoms with Gasteiger partial charge in [0.25, 0.3) is 0 Å². The van der Waals surface area contributed by atoms with Crippen LogP contribution in [0, 0.1) is 5.92 Å². The van der Waals surface area contributed by atoms with Crippen molar-refractivity contribution in [2.45, 2.75) is 19.9 Å². The van der Waals surface area contributed by atoms with Crippen molar-refractivity contribution in [1.29, 1.82) is 0 Å². The van der Waals surface area contributed by atoms with E-state index in [0.29, 0.717) is 6.54 Å². The number of rotatable bonds is 6. The summed E-state index contributed by atoms with van der Waals surface area (Å²) < 4.78 is 5.29. The lowest BCUT2D eigenvalue weighted by atomic mass is 10.1. The van der Waals surface area contributed by atoms with Gasteiger partial charge in [-0.1, -0.05) is 25.1 Å². The van der Waals surface area contributed by atoms with Gasteiger partial charge in [0.05, 0.1) is 7.11 Å². The molecular formula is C13H20N2O2. The highest BCUT2D eigenvalue weighted by molar-refractivity contribution is 5.76.